The number of rotatable bonds is 5. The van der Waals surface area contributed by atoms with Gasteiger partial charge in [0.1, 0.15) is 0 Å². The molecule has 1 atom stereocenters. The van der Waals surface area contributed by atoms with E-state index < -0.39 is 4.92 Å². The van der Waals surface area contributed by atoms with Crippen molar-refractivity contribution in [2.75, 3.05) is 11.9 Å². The van der Waals surface area contributed by atoms with Crippen molar-refractivity contribution >= 4 is 22.4 Å². The van der Waals surface area contributed by atoms with Gasteiger partial charge in [0.25, 0.3) is 0 Å². The van der Waals surface area contributed by atoms with Gasteiger partial charge < -0.3 is 11.1 Å². The van der Waals surface area contributed by atoms with Crippen LogP contribution in [0.5, 0.6) is 0 Å². The van der Waals surface area contributed by atoms with Crippen LogP contribution in [0, 0.1) is 16.0 Å². The van der Waals surface area contributed by atoms with Crippen molar-refractivity contribution in [1.82, 2.24) is 10.3 Å². The first-order valence-electron chi connectivity index (χ1n) is 6.27. The number of nitrogens with two attached hydrogens (primary N) is 1. The van der Waals surface area contributed by atoms with Gasteiger partial charge in [-0.2, -0.15) is 0 Å². The fourth-order valence-corrected chi connectivity index (χ4v) is 1.84. The Labute approximate surface area is 115 Å². The Morgan fingerprint density at radius 2 is 2.10 bits per heavy atom. The molecule has 1 heterocycles. The number of non-ortho nitro benzene ring substituents is 1. The highest BCUT2D eigenvalue weighted by atomic mass is 16.6. The third-order valence-corrected chi connectivity index (χ3v) is 3.71. The standard InChI is InChI=1S/C12H17N5O3/c1-7(2)12(3,6-13)14-8-4-5-9(17(18)19)11-10(8)15-20-16-11/h4-5,7,14H,6,13H2,1-3H3. The van der Waals surface area contributed by atoms with Crippen LogP contribution in [0.25, 0.3) is 11.0 Å². The number of hydrogen-bond acceptors (Lipinski definition) is 7. The van der Waals surface area contributed by atoms with Gasteiger partial charge in [0.2, 0.25) is 5.52 Å². The van der Waals surface area contributed by atoms with Crippen molar-refractivity contribution in [2.24, 2.45) is 11.7 Å². The molecule has 1 aromatic carbocycles. The van der Waals surface area contributed by atoms with Crippen LogP contribution in [0.2, 0.25) is 0 Å². The third-order valence-electron chi connectivity index (χ3n) is 3.71. The maximum Gasteiger partial charge on any atom is 0.300 e. The molecule has 20 heavy (non-hydrogen) atoms. The second-order valence-electron chi connectivity index (χ2n) is 5.25. The van der Waals surface area contributed by atoms with Gasteiger partial charge in [-0.3, -0.25) is 10.1 Å². The molecule has 108 valence electrons. The molecule has 0 saturated carbocycles. The number of benzene rings is 1. The van der Waals surface area contributed by atoms with Gasteiger partial charge >= 0.3 is 5.69 Å². The minimum Gasteiger partial charge on any atom is -0.376 e. The van der Waals surface area contributed by atoms with Crippen molar-refractivity contribution in [3.8, 4) is 0 Å². The first-order chi connectivity index (χ1) is 9.39. The van der Waals surface area contributed by atoms with Crippen molar-refractivity contribution in [1.29, 1.82) is 0 Å². The number of nitro benzene ring substituents is 1. The summed E-state index contributed by atoms with van der Waals surface area (Å²) in [5.41, 5.74) is 6.41. The molecule has 0 spiro atoms. The van der Waals surface area contributed by atoms with E-state index in [4.69, 9.17) is 5.73 Å². The van der Waals surface area contributed by atoms with Gasteiger partial charge in [-0.05, 0) is 29.2 Å². The van der Waals surface area contributed by atoms with E-state index in [9.17, 15) is 10.1 Å². The lowest BCUT2D eigenvalue weighted by Gasteiger charge is -2.34. The van der Waals surface area contributed by atoms with Crippen LogP contribution in [0.1, 0.15) is 20.8 Å². The fraction of sp³-hybridized carbons (Fsp3) is 0.500. The highest BCUT2D eigenvalue weighted by Gasteiger charge is 2.29. The van der Waals surface area contributed by atoms with Crippen LogP contribution in [-0.4, -0.2) is 27.3 Å². The van der Waals surface area contributed by atoms with E-state index in [0.29, 0.717) is 17.7 Å². The highest BCUT2D eigenvalue weighted by molar-refractivity contribution is 5.93. The lowest BCUT2D eigenvalue weighted by molar-refractivity contribution is -0.383. The molecule has 1 aromatic heterocycles. The maximum absolute atomic E-state index is 10.9. The number of nitrogens with zero attached hydrogens (tertiary/aromatic N) is 3. The Balaban J connectivity index is 2.49. The maximum atomic E-state index is 10.9. The summed E-state index contributed by atoms with van der Waals surface area (Å²) in [5, 5.41) is 21.6. The number of nitro groups is 1. The van der Waals surface area contributed by atoms with Crippen molar-refractivity contribution in [3.05, 3.63) is 22.2 Å². The second-order valence-corrected chi connectivity index (χ2v) is 5.25. The highest BCUT2D eigenvalue weighted by Crippen LogP contribution is 2.31. The normalized spacial score (nSPS) is 14.4. The van der Waals surface area contributed by atoms with E-state index in [-0.39, 0.29) is 22.7 Å². The van der Waals surface area contributed by atoms with Gasteiger partial charge in [0.15, 0.2) is 5.52 Å². The predicted octanol–water partition coefficient (Wildman–Crippen LogP) is 1.92. The van der Waals surface area contributed by atoms with E-state index in [1.807, 2.05) is 20.8 Å². The predicted molar refractivity (Wildman–Crippen MR) is 74.4 cm³/mol. The van der Waals surface area contributed by atoms with Crippen molar-refractivity contribution in [2.45, 2.75) is 26.3 Å². The molecule has 1 unspecified atom stereocenters. The number of nitrogens with one attached hydrogen (secondary N) is 1. The summed E-state index contributed by atoms with van der Waals surface area (Å²) in [6.45, 7) is 6.49. The van der Waals surface area contributed by atoms with Crippen LogP contribution >= 0.6 is 0 Å². The van der Waals surface area contributed by atoms with E-state index >= 15 is 0 Å². The second kappa shape index (κ2) is 5.04. The summed E-state index contributed by atoms with van der Waals surface area (Å²) in [6, 6.07) is 2.98. The number of anilines is 1. The molecule has 3 N–H and O–H groups in total. The molecule has 0 saturated heterocycles. The average molecular weight is 279 g/mol. The molecule has 2 aromatic rings. The van der Waals surface area contributed by atoms with E-state index in [1.165, 1.54) is 6.07 Å². The first-order valence-corrected chi connectivity index (χ1v) is 6.27. The van der Waals surface area contributed by atoms with Crippen molar-refractivity contribution < 1.29 is 9.55 Å². The summed E-state index contributed by atoms with van der Waals surface area (Å²) in [7, 11) is 0. The Morgan fingerprint density at radius 1 is 1.45 bits per heavy atom. The third kappa shape index (κ3) is 2.29. The van der Waals surface area contributed by atoms with E-state index in [2.05, 4.69) is 20.3 Å². The number of aromatic nitrogens is 2. The molecule has 0 aliphatic rings. The van der Waals surface area contributed by atoms with Gasteiger partial charge in [0.05, 0.1) is 10.6 Å². The van der Waals surface area contributed by atoms with E-state index in [1.54, 1.807) is 6.07 Å². The lowest BCUT2D eigenvalue weighted by atomic mass is 9.88. The topological polar surface area (TPSA) is 120 Å². The molecule has 8 nitrogen and oxygen atoms in total. The Kier molecular flexibility index (Phi) is 3.58. The average Bonchev–Trinajstić information content (AvgIpc) is 2.87. The fourth-order valence-electron chi connectivity index (χ4n) is 1.84. The largest absolute Gasteiger partial charge is 0.376 e. The smallest absolute Gasteiger partial charge is 0.300 e. The molecular formula is C12H17N5O3. The van der Waals surface area contributed by atoms with E-state index in [0.717, 1.165) is 0 Å². The molecule has 0 aliphatic carbocycles. The monoisotopic (exact) mass is 279 g/mol. The minimum absolute atomic E-state index is 0.128. The first kappa shape index (κ1) is 14.2. The Morgan fingerprint density at radius 3 is 2.65 bits per heavy atom. The molecule has 0 fully saturated rings. The molecule has 8 heteroatoms. The zero-order valence-corrected chi connectivity index (χ0v) is 11.6. The minimum atomic E-state index is -0.513. The molecule has 0 amide bonds. The lowest BCUT2D eigenvalue weighted by Crippen LogP contribution is -2.47. The van der Waals surface area contributed by atoms with Crippen LogP contribution < -0.4 is 11.1 Å². The summed E-state index contributed by atoms with van der Waals surface area (Å²) in [4.78, 5) is 10.4. The summed E-state index contributed by atoms with van der Waals surface area (Å²) < 4.78 is 4.63. The van der Waals surface area contributed by atoms with Gasteiger partial charge in [-0.15, -0.1) is 0 Å². The SMILES string of the molecule is CC(C)C(C)(CN)Nc1ccc([N+](=O)[O-])c2nonc12. The number of hydrogen-bond donors (Lipinski definition) is 2. The molecular weight excluding hydrogens is 262 g/mol. The van der Waals surface area contributed by atoms with Crippen LogP contribution in [0.3, 0.4) is 0 Å². The Bertz CT molecular complexity index is 639. The summed E-state index contributed by atoms with van der Waals surface area (Å²) >= 11 is 0. The quantitative estimate of drug-likeness (QED) is 0.633. The van der Waals surface area contributed by atoms with Crippen LogP contribution in [0.15, 0.2) is 16.8 Å². The molecule has 0 bridgehead atoms. The molecule has 0 aliphatic heterocycles. The Hall–Kier alpha value is -2.22. The van der Waals surface area contributed by atoms with Gasteiger partial charge in [-0.25, -0.2) is 4.63 Å². The summed E-state index contributed by atoms with van der Waals surface area (Å²) in [5.74, 6) is 0.262. The van der Waals surface area contributed by atoms with Gasteiger partial charge in [-0.1, -0.05) is 13.8 Å². The zero-order chi connectivity index (χ0) is 14.9. The summed E-state index contributed by atoms with van der Waals surface area (Å²) in [6.07, 6.45) is 0. The zero-order valence-electron chi connectivity index (χ0n) is 11.6. The molecule has 0 radical (unpaired) electrons. The van der Waals surface area contributed by atoms with Gasteiger partial charge in [0, 0.05) is 18.2 Å². The molecule has 2 rings (SSSR count). The van der Waals surface area contributed by atoms with Crippen LogP contribution in [0.4, 0.5) is 11.4 Å². The van der Waals surface area contributed by atoms with Crippen molar-refractivity contribution in [3.63, 3.8) is 0 Å². The van der Waals surface area contributed by atoms with Crippen LogP contribution in [-0.2, 0) is 0 Å². The number of fused-ring (bicyclic) bond motifs is 1.